The van der Waals surface area contributed by atoms with Crippen molar-refractivity contribution in [2.75, 3.05) is 12.4 Å². The topological polar surface area (TPSA) is 85.2 Å². The molecule has 0 spiro atoms. The number of amides is 2. The molecule has 0 saturated carbocycles. The van der Waals surface area contributed by atoms with E-state index in [0.717, 1.165) is 22.3 Å². The third kappa shape index (κ3) is 4.78. The molecule has 0 aliphatic heterocycles. The van der Waals surface area contributed by atoms with Gasteiger partial charge in [-0.1, -0.05) is 29.8 Å². The summed E-state index contributed by atoms with van der Waals surface area (Å²) >= 11 is 0. The molecule has 0 bridgehead atoms. The minimum Gasteiger partial charge on any atom is -0.497 e. The summed E-state index contributed by atoms with van der Waals surface area (Å²) in [5.74, 6) is 0.951. The molecule has 0 radical (unpaired) electrons. The molecule has 2 amide bonds. The maximum atomic E-state index is 12.7. The smallest absolute Gasteiger partial charge is 0.251 e. The summed E-state index contributed by atoms with van der Waals surface area (Å²) in [7, 11) is 1.59. The number of anilines is 1. The third-order valence-corrected chi connectivity index (χ3v) is 5.10. The molecule has 0 saturated heterocycles. The maximum absolute atomic E-state index is 12.7. The van der Waals surface area contributed by atoms with Gasteiger partial charge in [0.05, 0.1) is 24.7 Å². The van der Waals surface area contributed by atoms with Gasteiger partial charge in [0.2, 0.25) is 5.91 Å². The molecular formula is C25H24N4O3. The number of hydrogen-bond acceptors (Lipinski definition) is 4. The van der Waals surface area contributed by atoms with Crippen molar-refractivity contribution in [3.8, 4) is 5.75 Å². The number of carbonyl (C=O) groups is 2. The second-order valence-electron chi connectivity index (χ2n) is 7.43. The van der Waals surface area contributed by atoms with Gasteiger partial charge >= 0.3 is 0 Å². The number of nitrogens with one attached hydrogen (secondary N) is 2. The van der Waals surface area contributed by atoms with Crippen molar-refractivity contribution in [1.29, 1.82) is 0 Å². The Labute approximate surface area is 186 Å². The zero-order valence-electron chi connectivity index (χ0n) is 18.0. The average molecular weight is 428 g/mol. The van der Waals surface area contributed by atoms with Gasteiger partial charge in [-0.05, 0) is 55.5 Å². The molecule has 162 valence electrons. The second kappa shape index (κ2) is 9.34. The fourth-order valence-electron chi connectivity index (χ4n) is 3.50. The molecule has 3 aromatic carbocycles. The minimum atomic E-state index is -0.190. The molecule has 4 rings (SSSR count). The van der Waals surface area contributed by atoms with E-state index in [-0.39, 0.29) is 24.9 Å². The van der Waals surface area contributed by atoms with Gasteiger partial charge in [-0.3, -0.25) is 9.59 Å². The highest BCUT2D eigenvalue weighted by Gasteiger charge is 2.15. The predicted octanol–water partition coefficient (Wildman–Crippen LogP) is 3.92. The van der Waals surface area contributed by atoms with Crippen LogP contribution in [-0.4, -0.2) is 28.5 Å². The summed E-state index contributed by atoms with van der Waals surface area (Å²) in [4.78, 5) is 30.0. The Kier molecular flexibility index (Phi) is 6.17. The fraction of sp³-hybridized carbons (Fsp3) is 0.160. The van der Waals surface area contributed by atoms with E-state index in [4.69, 9.17) is 4.74 Å². The van der Waals surface area contributed by atoms with Crippen molar-refractivity contribution in [2.24, 2.45) is 0 Å². The average Bonchev–Trinajstić information content (AvgIpc) is 3.15. The summed E-state index contributed by atoms with van der Waals surface area (Å²) in [6.45, 7) is 2.22. The summed E-state index contributed by atoms with van der Waals surface area (Å²) in [6.07, 6.45) is 0. The van der Waals surface area contributed by atoms with Crippen LogP contribution in [0.5, 0.6) is 5.75 Å². The second-order valence-corrected chi connectivity index (χ2v) is 7.43. The first kappa shape index (κ1) is 21.1. The Balaban J connectivity index is 1.51. The van der Waals surface area contributed by atoms with Crippen LogP contribution in [0.2, 0.25) is 0 Å². The Hall–Kier alpha value is -4.13. The van der Waals surface area contributed by atoms with E-state index in [9.17, 15) is 9.59 Å². The number of imidazole rings is 1. The first-order valence-electron chi connectivity index (χ1n) is 10.3. The lowest BCUT2D eigenvalue weighted by Gasteiger charge is -2.11. The normalized spacial score (nSPS) is 10.7. The van der Waals surface area contributed by atoms with Gasteiger partial charge in [-0.2, -0.15) is 0 Å². The van der Waals surface area contributed by atoms with Gasteiger partial charge in [0.1, 0.15) is 18.1 Å². The fourth-order valence-corrected chi connectivity index (χ4v) is 3.50. The van der Waals surface area contributed by atoms with Crippen LogP contribution >= 0.6 is 0 Å². The van der Waals surface area contributed by atoms with Crippen LogP contribution < -0.4 is 15.4 Å². The summed E-state index contributed by atoms with van der Waals surface area (Å²) in [6, 6.07) is 22.1. The molecule has 7 nitrogen and oxygen atoms in total. The molecule has 0 unspecified atom stereocenters. The van der Waals surface area contributed by atoms with Gasteiger partial charge < -0.3 is 19.9 Å². The van der Waals surface area contributed by atoms with Gasteiger partial charge in [0, 0.05) is 11.3 Å². The number of methoxy groups -OCH3 is 1. The molecular weight excluding hydrogens is 404 g/mol. The molecule has 0 aliphatic carbocycles. The quantitative estimate of drug-likeness (QED) is 0.467. The number of aryl methyl sites for hydroxylation is 1. The molecule has 4 aromatic rings. The van der Waals surface area contributed by atoms with Crippen LogP contribution in [0.4, 0.5) is 5.69 Å². The van der Waals surface area contributed by atoms with Crippen LogP contribution in [0.1, 0.15) is 21.7 Å². The number of hydrogen-bond donors (Lipinski definition) is 2. The lowest BCUT2D eigenvalue weighted by molar-refractivity contribution is -0.116. The van der Waals surface area contributed by atoms with Crippen LogP contribution in [0.3, 0.4) is 0 Å². The molecule has 1 heterocycles. The van der Waals surface area contributed by atoms with E-state index in [0.29, 0.717) is 17.1 Å². The van der Waals surface area contributed by atoms with Crippen molar-refractivity contribution in [3.05, 3.63) is 89.7 Å². The SMILES string of the molecule is COc1ccc(NC(=O)Cn2c(CNC(=O)c3cccc(C)c3)nc3ccccc32)cc1. The molecule has 1 aromatic heterocycles. The lowest BCUT2D eigenvalue weighted by Crippen LogP contribution is -2.26. The van der Waals surface area contributed by atoms with Crippen molar-refractivity contribution >= 4 is 28.5 Å². The summed E-state index contributed by atoms with van der Waals surface area (Å²) in [5.41, 5.74) is 3.88. The largest absolute Gasteiger partial charge is 0.497 e. The predicted molar refractivity (Wildman–Crippen MR) is 124 cm³/mol. The molecule has 7 heteroatoms. The van der Waals surface area contributed by atoms with Crippen molar-refractivity contribution in [1.82, 2.24) is 14.9 Å². The lowest BCUT2D eigenvalue weighted by atomic mass is 10.1. The monoisotopic (exact) mass is 428 g/mol. The first-order valence-corrected chi connectivity index (χ1v) is 10.3. The standard InChI is InChI=1S/C25H24N4O3/c1-17-6-5-7-18(14-17)25(31)26-15-23-28-21-8-3-4-9-22(21)29(23)16-24(30)27-19-10-12-20(32-2)13-11-19/h3-14H,15-16H2,1-2H3,(H,26,31)(H,27,30). The number of benzene rings is 3. The van der Waals surface area contributed by atoms with Crippen LogP contribution in [0.15, 0.2) is 72.8 Å². The highest BCUT2D eigenvalue weighted by molar-refractivity contribution is 5.94. The Morgan fingerprint density at radius 3 is 2.53 bits per heavy atom. The first-order chi connectivity index (χ1) is 15.5. The number of rotatable bonds is 7. The van der Waals surface area contributed by atoms with Crippen LogP contribution in [-0.2, 0) is 17.9 Å². The van der Waals surface area contributed by atoms with Gasteiger partial charge in [-0.15, -0.1) is 0 Å². The maximum Gasteiger partial charge on any atom is 0.251 e. The molecule has 32 heavy (non-hydrogen) atoms. The van der Waals surface area contributed by atoms with Gasteiger partial charge in [0.15, 0.2) is 0 Å². The molecule has 0 fully saturated rings. The molecule has 0 atom stereocenters. The number of aromatic nitrogens is 2. The van der Waals surface area contributed by atoms with Crippen molar-refractivity contribution in [2.45, 2.75) is 20.0 Å². The highest BCUT2D eigenvalue weighted by atomic mass is 16.5. The van der Waals surface area contributed by atoms with E-state index in [1.807, 2.05) is 54.0 Å². The number of para-hydroxylation sites is 2. The third-order valence-electron chi connectivity index (χ3n) is 5.10. The van der Waals surface area contributed by atoms with Crippen LogP contribution in [0.25, 0.3) is 11.0 Å². The van der Waals surface area contributed by atoms with E-state index < -0.39 is 0 Å². The Bertz CT molecular complexity index is 1260. The van der Waals surface area contributed by atoms with E-state index >= 15 is 0 Å². The van der Waals surface area contributed by atoms with E-state index in [1.165, 1.54) is 0 Å². The van der Waals surface area contributed by atoms with Gasteiger partial charge in [0.25, 0.3) is 5.91 Å². The number of carbonyl (C=O) groups excluding carboxylic acids is 2. The Morgan fingerprint density at radius 1 is 1.00 bits per heavy atom. The summed E-state index contributed by atoms with van der Waals surface area (Å²) < 4.78 is 6.97. The minimum absolute atomic E-state index is 0.0716. The van der Waals surface area contributed by atoms with E-state index in [2.05, 4.69) is 15.6 Å². The van der Waals surface area contributed by atoms with Gasteiger partial charge in [-0.25, -0.2) is 4.98 Å². The summed E-state index contributed by atoms with van der Waals surface area (Å²) in [5, 5.41) is 5.80. The highest BCUT2D eigenvalue weighted by Crippen LogP contribution is 2.18. The van der Waals surface area contributed by atoms with Crippen LogP contribution in [0, 0.1) is 6.92 Å². The van der Waals surface area contributed by atoms with Crippen molar-refractivity contribution in [3.63, 3.8) is 0 Å². The van der Waals surface area contributed by atoms with Crippen molar-refractivity contribution < 1.29 is 14.3 Å². The molecule has 0 aliphatic rings. The van der Waals surface area contributed by atoms with E-state index in [1.54, 1.807) is 37.4 Å². The zero-order valence-corrected chi connectivity index (χ0v) is 18.0. The Morgan fingerprint density at radius 2 is 1.78 bits per heavy atom. The molecule has 2 N–H and O–H groups in total. The number of fused-ring (bicyclic) bond motifs is 1. The number of ether oxygens (including phenoxy) is 1. The number of nitrogens with zero attached hydrogens (tertiary/aromatic N) is 2. The zero-order chi connectivity index (χ0) is 22.5.